The molecular formula is C12H21N3O. The van der Waals surface area contributed by atoms with Crippen LogP contribution in [0.25, 0.3) is 0 Å². The molecule has 1 unspecified atom stereocenters. The quantitative estimate of drug-likeness (QED) is 0.834. The van der Waals surface area contributed by atoms with Crippen molar-refractivity contribution < 1.29 is 4.52 Å². The van der Waals surface area contributed by atoms with Crippen LogP contribution in [-0.2, 0) is 6.42 Å². The van der Waals surface area contributed by atoms with Crippen LogP contribution in [0.2, 0.25) is 0 Å². The Morgan fingerprint density at radius 1 is 1.44 bits per heavy atom. The highest BCUT2D eigenvalue weighted by molar-refractivity contribution is 4.98. The highest BCUT2D eigenvalue weighted by Gasteiger charge is 2.22. The average molecular weight is 223 g/mol. The van der Waals surface area contributed by atoms with Gasteiger partial charge >= 0.3 is 0 Å². The molecule has 0 bridgehead atoms. The summed E-state index contributed by atoms with van der Waals surface area (Å²) in [5.41, 5.74) is 0.214. The Morgan fingerprint density at radius 2 is 2.25 bits per heavy atom. The van der Waals surface area contributed by atoms with E-state index in [0.29, 0.717) is 5.92 Å². The fourth-order valence-electron chi connectivity index (χ4n) is 2.04. The fraction of sp³-hybridized carbons (Fsp3) is 0.833. The molecule has 1 atom stereocenters. The second-order valence-corrected chi connectivity index (χ2v) is 5.83. The van der Waals surface area contributed by atoms with Crippen molar-refractivity contribution >= 4 is 0 Å². The van der Waals surface area contributed by atoms with Crippen LogP contribution in [0, 0.1) is 5.41 Å². The highest BCUT2D eigenvalue weighted by Crippen LogP contribution is 2.23. The minimum atomic E-state index is 0.214. The molecule has 0 saturated carbocycles. The Balaban J connectivity index is 2.01. The van der Waals surface area contributed by atoms with Gasteiger partial charge in [0, 0.05) is 13.0 Å². The van der Waals surface area contributed by atoms with Gasteiger partial charge in [0.25, 0.3) is 0 Å². The van der Waals surface area contributed by atoms with Crippen LogP contribution in [0.4, 0.5) is 0 Å². The van der Waals surface area contributed by atoms with E-state index in [1.54, 1.807) is 0 Å². The van der Waals surface area contributed by atoms with Crippen LogP contribution in [0.15, 0.2) is 4.52 Å². The maximum Gasteiger partial charge on any atom is 0.231 e. The lowest BCUT2D eigenvalue weighted by Gasteiger charge is -2.18. The predicted octanol–water partition coefficient (Wildman–Crippen LogP) is 2.13. The molecule has 1 fully saturated rings. The smallest absolute Gasteiger partial charge is 0.231 e. The van der Waals surface area contributed by atoms with Crippen LogP contribution in [0.1, 0.15) is 51.2 Å². The topological polar surface area (TPSA) is 51.0 Å². The summed E-state index contributed by atoms with van der Waals surface area (Å²) < 4.78 is 5.35. The van der Waals surface area contributed by atoms with Crippen molar-refractivity contribution in [3.8, 4) is 0 Å². The van der Waals surface area contributed by atoms with E-state index in [9.17, 15) is 0 Å². The van der Waals surface area contributed by atoms with Crippen molar-refractivity contribution in [3.05, 3.63) is 11.7 Å². The predicted molar refractivity (Wildman–Crippen MR) is 62.3 cm³/mol. The molecule has 1 N–H and O–H groups in total. The molecule has 1 aromatic heterocycles. The molecule has 0 aliphatic carbocycles. The van der Waals surface area contributed by atoms with Crippen LogP contribution in [0.3, 0.4) is 0 Å². The molecule has 0 aromatic carbocycles. The van der Waals surface area contributed by atoms with E-state index >= 15 is 0 Å². The molecule has 0 radical (unpaired) electrons. The van der Waals surface area contributed by atoms with Crippen molar-refractivity contribution in [1.29, 1.82) is 0 Å². The third-order valence-electron chi connectivity index (χ3n) is 2.82. The van der Waals surface area contributed by atoms with Gasteiger partial charge in [0.05, 0.1) is 5.92 Å². The Hall–Kier alpha value is -0.900. The van der Waals surface area contributed by atoms with Gasteiger partial charge in [-0.1, -0.05) is 25.9 Å². The summed E-state index contributed by atoms with van der Waals surface area (Å²) in [5.74, 6) is 2.06. The first kappa shape index (κ1) is 11.6. The summed E-state index contributed by atoms with van der Waals surface area (Å²) in [6, 6.07) is 0. The van der Waals surface area contributed by atoms with Gasteiger partial charge in [-0.3, -0.25) is 0 Å². The number of nitrogens with one attached hydrogen (secondary N) is 1. The fourth-order valence-corrected chi connectivity index (χ4v) is 2.04. The Bertz CT molecular complexity index is 334. The largest absolute Gasteiger partial charge is 0.339 e. The molecule has 16 heavy (non-hydrogen) atoms. The second-order valence-electron chi connectivity index (χ2n) is 5.83. The van der Waals surface area contributed by atoms with E-state index in [1.165, 1.54) is 6.42 Å². The molecule has 90 valence electrons. The van der Waals surface area contributed by atoms with Crippen molar-refractivity contribution in [3.63, 3.8) is 0 Å². The van der Waals surface area contributed by atoms with E-state index in [0.717, 1.165) is 37.6 Å². The molecule has 1 aromatic rings. The van der Waals surface area contributed by atoms with Gasteiger partial charge in [0.15, 0.2) is 5.82 Å². The summed E-state index contributed by atoms with van der Waals surface area (Å²) in [6.45, 7) is 8.64. The zero-order valence-corrected chi connectivity index (χ0v) is 10.4. The van der Waals surface area contributed by atoms with Gasteiger partial charge < -0.3 is 9.84 Å². The zero-order chi connectivity index (χ0) is 11.6. The minimum Gasteiger partial charge on any atom is -0.339 e. The number of hydrogen-bond donors (Lipinski definition) is 1. The van der Waals surface area contributed by atoms with Crippen molar-refractivity contribution in [2.75, 3.05) is 13.1 Å². The third-order valence-corrected chi connectivity index (χ3v) is 2.82. The lowest BCUT2D eigenvalue weighted by atomic mass is 9.92. The van der Waals surface area contributed by atoms with Crippen LogP contribution in [0.5, 0.6) is 0 Å². The lowest BCUT2D eigenvalue weighted by molar-refractivity contribution is 0.315. The monoisotopic (exact) mass is 223 g/mol. The maximum absolute atomic E-state index is 5.35. The van der Waals surface area contributed by atoms with Gasteiger partial charge in [-0.25, -0.2) is 0 Å². The lowest BCUT2D eigenvalue weighted by Crippen LogP contribution is -2.28. The first-order chi connectivity index (χ1) is 7.54. The molecule has 1 aliphatic heterocycles. The maximum atomic E-state index is 5.35. The van der Waals surface area contributed by atoms with Crippen molar-refractivity contribution in [2.24, 2.45) is 5.41 Å². The Morgan fingerprint density at radius 3 is 2.88 bits per heavy atom. The summed E-state index contributed by atoms with van der Waals surface area (Å²) in [4.78, 5) is 4.50. The highest BCUT2D eigenvalue weighted by atomic mass is 16.5. The normalized spacial score (nSPS) is 22.3. The van der Waals surface area contributed by atoms with Gasteiger partial charge in [-0.05, 0) is 24.8 Å². The second kappa shape index (κ2) is 4.53. The number of nitrogens with zero attached hydrogens (tertiary/aromatic N) is 2. The molecule has 0 spiro atoms. The van der Waals surface area contributed by atoms with E-state index in [1.807, 2.05) is 0 Å². The van der Waals surface area contributed by atoms with Crippen molar-refractivity contribution in [1.82, 2.24) is 15.5 Å². The molecule has 2 rings (SSSR count). The summed E-state index contributed by atoms with van der Waals surface area (Å²) in [7, 11) is 0. The van der Waals surface area contributed by atoms with E-state index in [4.69, 9.17) is 4.52 Å². The Kier molecular flexibility index (Phi) is 3.28. The third kappa shape index (κ3) is 3.04. The van der Waals surface area contributed by atoms with Crippen LogP contribution < -0.4 is 5.32 Å². The number of aromatic nitrogens is 2. The average Bonchev–Trinajstić information content (AvgIpc) is 2.65. The SMILES string of the molecule is CC(C)(C)Cc1noc(C2CCCNC2)n1. The standard InChI is InChI=1S/C12H21N3O/c1-12(2,3)7-10-14-11(16-15-10)9-5-4-6-13-8-9/h9,13H,4-8H2,1-3H3. The summed E-state index contributed by atoms with van der Waals surface area (Å²) >= 11 is 0. The molecule has 4 heteroatoms. The van der Waals surface area contributed by atoms with Crippen LogP contribution >= 0.6 is 0 Å². The van der Waals surface area contributed by atoms with Gasteiger partial charge in [0.1, 0.15) is 0 Å². The molecule has 1 aliphatic rings. The first-order valence-electron chi connectivity index (χ1n) is 6.08. The molecule has 0 amide bonds. The zero-order valence-electron chi connectivity index (χ0n) is 10.4. The van der Waals surface area contributed by atoms with E-state index < -0.39 is 0 Å². The first-order valence-corrected chi connectivity index (χ1v) is 6.08. The van der Waals surface area contributed by atoms with Crippen molar-refractivity contribution in [2.45, 2.75) is 46.0 Å². The minimum absolute atomic E-state index is 0.214. The summed E-state index contributed by atoms with van der Waals surface area (Å²) in [6.07, 6.45) is 3.22. The number of rotatable bonds is 2. The molecule has 4 nitrogen and oxygen atoms in total. The number of hydrogen-bond acceptors (Lipinski definition) is 4. The summed E-state index contributed by atoms with van der Waals surface area (Å²) in [5, 5.41) is 7.43. The van der Waals surface area contributed by atoms with Crippen LogP contribution in [-0.4, -0.2) is 23.2 Å². The van der Waals surface area contributed by atoms with E-state index in [-0.39, 0.29) is 5.41 Å². The molecular weight excluding hydrogens is 202 g/mol. The van der Waals surface area contributed by atoms with Gasteiger partial charge in [-0.15, -0.1) is 0 Å². The Labute approximate surface area is 96.8 Å². The van der Waals surface area contributed by atoms with Gasteiger partial charge in [-0.2, -0.15) is 4.98 Å². The molecule has 2 heterocycles. The van der Waals surface area contributed by atoms with E-state index in [2.05, 4.69) is 36.2 Å². The molecule has 1 saturated heterocycles. The number of piperidine rings is 1. The van der Waals surface area contributed by atoms with Gasteiger partial charge in [0.2, 0.25) is 5.89 Å².